The Morgan fingerprint density at radius 2 is 0.386 bits per heavy atom. The lowest BCUT2D eigenvalue weighted by Crippen LogP contribution is -2.06. The first-order valence-electron chi connectivity index (χ1n) is 28.2. The molecule has 12 aromatic rings. The van der Waals surface area contributed by atoms with Crippen LogP contribution in [0.25, 0.3) is 120 Å². The van der Waals surface area contributed by atoms with Gasteiger partial charge in [-0.05, 0) is 76.8 Å². The largest absolute Gasteiger partial charge is 0.492 e. The Hall–Kier alpha value is -10.9. The van der Waals surface area contributed by atoms with Gasteiger partial charge in [0.1, 0.15) is 0 Å². The predicted molar refractivity (Wildman–Crippen MR) is 347 cm³/mol. The number of carbonyl (C=O) groups is 2. The molecule has 12 aromatic carbocycles. The van der Waals surface area contributed by atoms with E-state index < -0.39 is 11.9 Å². The molecule has 88 heavy (non-hydrogen) atoms. The van der Waals surface area contributed by atoms with Gasteiger partial charge in [-0.25, -0.2) is 0 Å². The molecule has 442 valence electrons. The van der Waals surface area contributed by atoms with Gasteiger partial charge in [-0.15, -0.1) is 0 Å². The van der Waals surface area contributed by atoms with Gasteiger partial charge in [0.25, 0.3) is 0 Å². The molecule has 0 saturated heterocycles. The Kier molecular flexibility index (Phi) is 15.4. The van der Waals surface area contributed by atoms with E-state index in [0.29, 0.717) is 113 Å². The molecule has 0 saturated carbocycles. The van der Waals surface area contributed by atoms with Crippen LogP contribution in [0.15, 0.2) is 158 Å². The summed E-state index contributed by atoms with van der Waals surface area (Å²) in [4.78, 5) is 25.4. The molecule has 0 N–H and O–H groups in total. The van der Waals surface area contributed by atoms with E-state index in [9.17, 15) is 9.59 Å². The van der Waals surface area contributed by atoms with Crippen molar-refractivity contribution in [3.63, 3.8) is 0 Å². The molecule has 0 atom stereocenters. The highest BCUT2D eigenvalue weighted by molar-refractivity contribution is 6.25. The first kappa shape index (κ1) is 57.6. The molecule has 0 amide bonds. The average Bonchev–Trinajstić information content (AvgIpc) is 0.836. The summed E-state index contributed by atoms with van der Waals surface area (Å²) in [5, 5.41) is 9.47. The molecule has 0 heterocycles. The van der Waals surface area contributed by atoms with E-state index in [1.54, 1.807) is 83.2 Å². The van der Waals surface area contributed by atoms with Crippen molar-refractivity contribution in [2.45, 2.75) is 13.8 Å². The summed E-state index contributed by atoms with van der Waals surface area (Å²) < 4.78 is 77.3. The summed E-state index contributed by atoms with van der Waals surface area (Å²) in [6.45, 7) is 2.72. The predicted octanol–water partition coefficient (Wildman–Crippen LogP) is 16.9. The lowest BCUT2D eigenvalue weighted by atomic mass is 9.82. The van der Waals surface area contributed by atoms with Gasteiger partial charge in [0, 0.05) is 69.5 Å². The van der Waals surface area contributed by atoms with Crippen LogP contribution in [0.1, 0.15) is 13.8 Å². The normalized spacial score (nSPS) is 11.3. The van der Waals surface area contributed by atoms with Gasteiger partial charge < -0.3 is 56.8 Å². The molecule has 0 fully saturated rings. The molecule has 0 aliphatic heterocycles. The summed E-state index contributed by atoms with van der Waals surface area (Å²) in [6.07, 6.45) is 0. The standard InChI is InChI=1S/C74H62O14/c1-39(75)87-53-37-41-25-13-15-27-43(41)55(65(53)77-3)57-45-29-17-19-31-47(45)59(69(81-7)67(57)79-5)61-49-33-21-23-35-51(49)63(73(85-11)71(61)83-9)64-52-36-24-22-34-50(52)62(72(84-10)74(64)86-12)60-48-32-20-18-30-46(48)58(68(80-6)70(60)82-8)56-44-28-16-14-26-42(44)38-54(66(56)78-4)88-40(2)76/h13-38H,1-12H3. The van der Waals surface area contributed by atoms with E-state index in [1.165, 1.54) is 13.8 Å². The maximum atomic E-state index is 12.7. The second kappa shape index (κ2) is 23.5. The monoisotopic (exact) mass is 1170 g/mol. The van der Waals surface area contributed by atoms with Crippen LogP contribution in [0.3, 0.4) is 0 Å². The highest BCUT2D eigenvalue weighted by Gasteiger charge is 2.37. The summed E-state index contributed by atoms with van der Waals surface area (Å²) in [5.74, 6) is 3.26. The third kappa shape index (κ3) is 8.92. The molecule has 0 aliphatic rings. The zero-order chi connectivity index (χ0) is 61.7. The minimum absolute atomic E-state index is 0.249. The zero-order valence-corrected chi connectivity index (χ0v) is 50.7. The Labute approximate surface area is 508 Å². The molecule has 0 spiro atoms. The Morgan fingerprint density at radius 3 is 0.557 bits per heavy atom. The maximum Gasteiger partial charge on any atom is 0.308 e. The van der Waals surface area contributed by atoms with E-state index in [1.807, 2.05) is 121 Å². The SMILES string of the molecule is COc1c(OC(C)=O)cc2ccccc2c1-c1c(OC)c(OC)c(-c2c(OC)c(OC)c(-c3c(OC)c(OC)c(-c4c(OC)c(OC)c(-c5c(OC)c(OC(C)=O)cc6ccccc56)c5ccccc45)c4ccccc34)c3ccccc23)c2ccccc12. The number of benzene rings is 12. The van der Waals surface area contributed by atoms with Crippen molar-refractivity contribution in [3.05, 3.63) is 158 Å². The lowest BCUT2D eigenvalue weighted by Gasteiger charge is -2.28. The maximum absolute atomic E-state index is 12.7. The average molecular weight is 1180 g/mol. The van der Waals surface area contributed by atoms with Crippen molar-refractivity contribution >= 4 is 76.6 Å². The van der Waals surface area contributed by atoms with Crippen LogP contribution < -0.4 is 56.8 Å². The van der Waals surface area contributed by atoms with Gasteiger partial charge in [0.05, 0.1) is 71.1 Å². The number of methoxy groups -OCH3 is 10. The fourth-order valence-corrected chi connectivity index (χ4v) is 13.1. The summed E-state index contributed by atoms with van der Waals surface area (Å²) in [5.41, 5.74) is 6.48. The van der Waals surface area contributed by atoms with E-state index in [-0.39, 0.29) is 11.5 Å². The lowest BCUT2D eigenvalue weighted by molar-refractivity contribution is -0.132. The number of fused-ring (bicyclic) bond motifs is 6. The second-order valence-corrected chi connectivity index (χ2v) is 20.6. The molecule has 0 radical (unpaired) electrons. The van der Waals surface area contributed by atoms with Gasteiger partial charge >= 0.3 is 11.9 Å². The van der Waals surface area contributed by atoms with Crippen LogP contribution in [0, 0.1) is 0 Å². The van der Waals surface area contributed by atoms with Crippen LogP contribution in [-0.4, -0.2) is 83.0 Å². The summed E-state index contributed by atoms with van der Waals surface area (Å²) in [6, 6.07) is 51.4. The molecule has 0 aromatic heterocycles. The van der Waals surface area contributed by atoms with Crippen molar-refractivity contribution in [1.82, 2.24) is 0 Å². The van der Waals surface area contributed by atoms with Gasteiger partial charge in [0.15, 0.2) is 69.0 Å². The molecular formula is C74H62O14. The van der Waals surface area contributed by atoms with Gasteiger partial charge in [-0.3, -0.25) is 9.59 Å². The van der Waals surface area contributed by atoms with E-state index >= 15 is 0 Å². The smallest absolute Gasteiger partial charge is 0.308 e. The van der Waals surface area contributed by atoms with Crippen molar-refractivity contribution in [3.8, 4) is 125 Å². The van der Waals surface area contributed by atoms with Crippen LogP contribution in [0.4, 0.5) is 0 Å². The first-order chi connectivity index (χ1) is 43.0. The number of hydrogen-bond donors (Lipinski definition) is 0. The van der Waals surface area contributed by atoms with Gasteiger partial charge in [0.2, 0.25) is 0 Å². The first-order valence-corrected chi connectivity index (χ1v) is 28.2. The molecule has 14 heteroatoms. The van der Waals surface area contributed by atoms with E-state index in [0.717, 1.165) is 64.6 Å². The van der Waals surface area contributed by atoms with E-state index in [4.69, 9.17) is 56.8 Å². The van der Waals surface area contributed by atoms with Crippen molar-refractivity contribution < 1.29 is 66.4 Å². The number of rotatable bonds is 17. The Bertz CT molecular complexity index is 4530. The molecule has 0 aliphatic carbocycles. The molecule has 12 rings (SSSR count). The fraction of sp³-hybridized carbons (Fsp3) is 0.162. The van der Waals surface area contributed by atoms with Crippen molar-refractivity contribution in [2.24, 2.45) is 0 Å². The number of carbonyl (C=O) groups excluding carboxylic acids is 2. The summed E-state index contributed by atoms with van der Waals surface area (Å²) >= 11 is 0. The molecule has 14 nitrogen and oxygen atoms in total. The van der Waals surface area contributed by atoms with Gasteiger partial charge in [-0.2, -0.15) is 0 Å². The van der Waals surface area contributed by atoms with Gasteiger partial charge in [-0.1, -0.05) is 146 Å². The molecule has 0 bridgehead atoms. The summed E-state index contributed by atoms with van der Waals surface area (Å²) in [7, 11) is 16.0. The fourth-order valence-electron chi connectivity index (χ4n) is 13.1. The third-order valence-corrected chi connectivity index (χ3v) is 16.2. The van der Waals surface area contributed by atoms with Crippen molar-refractivity contribution in [2.75, 3.05) is 71.1 Å². The molecule has 0 unspecified atom stereocenters. The topological polar surface area (TPSA) is 145 Å². The van der Waals surface area contributed by atoms with Crippen molar-refractivity contribution in [1.29, 1.82) is 0 Å². The Morgan fingerprint density at radius 1 is 0.227 bits per heavy atom. The minimum atomic E-state index is -0.501. The highest BCUT2D eigenvalue weighted by atomic mass is 16.6. The second-order valence-electron chi connectivity index (χ2n) is 20.6. The van der Waals surface area contributed by atoms with Crippen LogP contribution in [0.5, 0.6) is 69.0 Å². The number of ether oxygens (including phenoxy) is 12. The van der Waals surface area contributed by atoms with Crippen LogP contribution in [-0.2, 0) is 9.59 Å². The van der Waals surface area contributed by atoms with Crippen LogP contribution in [0.2, 0.25) is 0 Å². The number of hydrogen-bond acceptors (Lipinski definition) is 14. The van der Waals surface area contributed by atoms with E-state index in [2.05, 4.69) is 24.3 Å². The highest BCUT2D eigenvalue weighted by Crippen LogP contribution is 2.64. The number of esters is 2. The molecular weight excluding hydrogens is 1110 g/mol. The zero-order valence-electron chi connectivity index (χ0n) is 50.7. The van der Waals surface area contributed by atoms with Crippen LogP contribution >= 0.6 is 0 Å². The minimum Gasteiger partial charge on any atom is -0.492 e. The third-order valence-electron chi connectivity index (χ3n) is 16.2. The Balaban J connectivity index is 1.19. The quantitative estimate of drug-likeness (QED) is 0.0629.